The number of carbonyl (C=O) groups excluding carboxylic acids is 2. The maximum Gasteiger partial charge on any atom is 0.407 e. The van der Waals surface area contributed by atoms with Crippen LogP contribution >= 0.6 is 0 Å². The summed E-state index contributed by atoms with van der Waals surface area (Å²) in [6.07, 6.45) is 3.25. The summed E-state index contributed by atoms with van der Waals surface area (Å²) in [6.45, 7) is 1.88. The Kier molecular flexibility index (Phi) is 6.40. The second kappa shape index (κ2) is 8.53. The molecule has 0 radical (unpaired) electrons. The monoisotopic (exact) mass is 319 g/mol. The molecule has 3 atom stereocenters. The lowest BCUT2D eigenvalue weighted by molar-refractivity contribution is -0.123. The van der Waals surface area contributed by atoms with Gasteiger partial charge in [-0.2, -0.15) is 0 Å². The molecule has 0 unspecified atom stereocenters. The van der Waals surface area contributed by atoms with Gasteiger partial charge in [0.05, 0.1) is 12.1 Å². The molecule has 1 aromatic rings. The van der Waals surface area contributed by atoms with Crippen molar-refractivity contribution in [2.75, 3.05) is 0 Å². The summed E-state index contributed by atoms with van der Waals surface area (Å²) < 4.78 is 5.24. The van der Waals surface area contributed by atoms with Crippen LogP contribution in [0.2, 0.25) is 0 Å². The maximum atomic E-state index is 12.0. The van der Waals surface area contributed by atoms with Crippen LogP contribution in [0.4, 0.5) is 4.79 Å². The highest BCUT2D eigenvalue weighted by molar-refractivity contribution is 5.81. The summed E-state index contributed by atoms with van der Waals surface area (Å²) in [6, 6.07) is 8.76. The molecular formula is C17H25N3O3. The van der Waals surface area contributed by atoms with Crippen LogP contribution in [0.1, 0.15) is 38.2 Å². The Balaban J connectivity index is 1.83. The van der Waals surface area contributed by atoms with Gasteiger partial charge in [-0.15, -0.1) is 0 Å². The molecule has 0 heterocycles. The minimum atomic E-state index is -0.553. The van der Waals surface area contributed by atoms with Crippen molar-refractivity contribution < 1.29 is 14.3 Å². The average molecular weight is 319 g/mol. The summed E-state index contributed by atoms with van der Waals surface area (Å²) in [4.78, 5) is 23.8. The van der Waals surface area contributed by atoms with Crippen LogP contribution in [0.25, 0.3) is 0 Å². The average Bonchev–Trinajstić information content (AvgIpc) is 2.55. The smallest absolute Gasteiger partial charge is 0.407 e. The molecule has 1 fully saturated rings. The lowest BCUT2D eigenvalue weighted by atomic mass is 9.90. The molecule has 0 saturated heterocycles. The van der Waals surface area contributed by atoms with Crippen molar-refractivity contribution in [3.63, 3.8) is 0 Å². The molecule has 2 amide bonds. The van der Waals surface area contributed by atoms with Crippen molar-refractivity contribution in [1.82, 2.24) is 10.6 Å². The molecule has 0 spiro atoms. The zero-order chi connectivity index (χ0) is 16.7. The highest BCUT2D eigenvalue weighted by atomic mass is 16.5. The van der Waals surface area contributed by atoms with Gasteiger partial charge in [-0.1, -0.05) is 43.2 Å². The van der Waals surface area contributed by atoms with Crippen LogP contribution in [-0.4, -0.2) is 30.1 Å². The van der Waals surface area contributed by atoms with Gasteiger partial charge in [0.25, 0.3) is 0 Å². The minimum absolute atomic E-state index is 0.0912. The third-order valence-electron chi connectivity index (χ3n) is 4.02. The molecule has 6 nitrogen and oxygen atoms in total. The fourth-order valence-corrected chi connectivity index (χ4v) is 2.71. The SMILES string of the molecule is C[C@H](N)C(=O)N[C@H]1CCCC[C@@H]1NC(=O)OCc1ccccc1. The molecule has 1 aliphatic carbocycles. The van der Waals surface area contributed by atoms with Crippen LogP contribution in [0.15, 0.2) is 30.3 Å². The Morgan fingerprint density at radius 1 is 1.17 bits per heavy atom. The molecule has 0 aliphatic heterocycles. The second-order valence-corrected chi connectivity index (χ2v) is 6.00. The molecule has 4 N–H and O–H groups in total. The Hall–Kier alpha value is -2.08. The number of nitrogens with one attached hydrogen (secondary N) is 2. The topological polar surface area (TPSA) is 93.5 Å². The van der Waals surface area contributed by atoms with Gasteiger partial charge in [-0.25, -0.2) is 4.79 Å². The van der Waals surface area contributed by atoms with Crippen molar-refractivity contribution in [3.8, 4) is 0 Å². The predicted molar refractivity (Wildman–Crippen MR) is 87.6 cm³/mol. The molecule has 0 aromatic heterocycles. The van der Waals surface area contributed by atoms with Crippen LogP contribution < -0.4 is 16.4 Å². The van der Waals surface area contributed by atoms with E-state index in [9.17, 15) is 9.59 Å². The fourth-order valence-electron chi connectivity index (χ4n) is 2.71. The summed E-state index contributed by atoms with van der Waals surface area (Å²) in [5, 5.41) is 5.78. The van der Waals surface area contributed by atoms with Gasteiger partial charge in [-0.05, 0) is 25.3 Å². The first-order chi connectivity index (χ1) is 11.1. The van der Waals surface area contributed by atoms with Gasteiger partial charge >= 0.3 is 6.09 Å². The lowest BCUT2D eigenvalue weighted by Crippen LogP contribution is -2.55. The molecule has 23 heavy (non-hydrogen) atoms. The number of alkyl carbamates (subject to hydrolysis) is 1. The summed E-state index contributed by atoms with van der Waals surface area (Å²) in [7, 11) is 0. The van der Waals surface area contributed by atoms with Crippen LogP contribution in [0, 0.1) is 0 Å². The van der Waals surface area contributed by atoms with Gasteiger partial charge in [0.15, 0.2) is 0 Å². The highest BCUT2D eigenvalue weighted by Crippen LogP contribution is 2.19. The Morgan fingerprint density at radius 2 is 1.78 bits per heavy atom. The standard InChI is InChI=1S/C17H25N3O3/c1-12(18)16(21)19-14-9-5-6-10-15(14)20-17(22)23-11-13-7-3-2-4-8-13/h2-4,7-8,12,14-15H,5-6,9-11,18H2,1H3,(H,19,21)(H,20,22)/t12-,14-,15-/m0/s1. The van der Waals surface area contributed by atoms with E-state index in [0.29, 0.717) is 0 Å². The lowest BCUT2D eigenvalue weighted by Gasteiger charge is -2.32. The van der Waals surface area contributed by atoms with Crippen LogP contribution in [-0.2, 0) is 16.1 Å². The molecule has 1 aliphatic rings. The van der Waals surface area contributed by atoms with Gasteiger partial charge < -0.3 is 21.1 Å². The van der Waals surface area contributed by atoms with E-state index in [-0.39, 0.29) is 24.6 Å². The van der Waals surface area contributed by atoms with E-state index in [1.807, 2.05) is 30.3 Å². The van der Waals surface area contributed by atoms with Gasteiger partial charge in [0.2, 0.25) is 5.91 Å². The Labute approximate surface area is 136 Å². The first kappa shape index (κ1) is 17.3. The number of amides is 2. The molecule has 126 valence electrons. The minimum Gasteiger partial charge on any atom is -0.445 e. The summed E-state index contributed by atoms with van der Waals surface area (Å²) in [5.74, 6) is -0.193. The van der Waals surface area contributed by atoms with E-state index in [1.54, 1.807) is 6.92 Å². The largest absolute Gasteiger partial charge is 0.445 e. The maximum absolute atomic E-state index is 12.0. The van der Waals surface area contributed by atoms with Crippen molar-refractivity contribution in [2.24, 2.45) is 5.73 Å². The van der Waals surface area contributed by atoms with Crippen molar-refractivity contribution in [3.05, 3.63) is 35.9 Å². The van der Waals surface area contributed by atoms with E-state index < -0.39 is 12.1 Å². The van der Waals surface area contributed by atoms with Crippen LogP contribution in [0.3, 0.4) is 0 Å². The van der Waals surface area contributed by atoms with Gasteiger partial charge in [-0.3, -0.25) is 4.79 Å². The number of hydrogen-bond donors (Lipinski definition) is 3. The quantitative estimate of drug-likeness (QED) is 0.770. The molecule has 0 bridgehead atoms. The van der Waals surface area contributed by atoms with Crippen molar-refractivity contribution in [1.29, 1.82) is 0 Å². The first-order valence-corrected chi connectivity index (χ1v) is 8.09. The van der Waals surface area contributed by atoms with E-state index >= 15 is 0 Å². The van der Waals surface area contributed by atoms with E-state index in [0.717, 1.165) is 31.2 Å². The van der Waals surface area contributed by atoms with Crippen molar-refractivity contribution >= 4 is 12.0 Å². The van der Waals surface area contributed by atoms with E-state index in [2.05, 4.69) is 10.6 Å². The number of hydrogen-bond acceptors (Lipinski definition) is 4. The summed E-state index contributed by atoms with van der Waals surface area (Å²) >= 11 is 0. The zero-order valence-corrected chi connectivity index (χ0v) is 13.5. The first-order valence-electron chi connectivity index (χ1n) is 8.09. The molecule has 1 aromatic carbocycles. The number of benzene rings is 1. The number of nitrogens with two attached hydrogens (primary N) is 1. The van der Waals surface area contributed by atoms with Crippen LogP contribution in [0.5, 0.6) is 0 Å². The third-order valence-corrected chi connectivity index (χ3v) is 4.02. The molecule has 6 heteroatoms. The summed E-state index contributed by atoms with van der Waals surface area (Å²) in [5.41, 5.74) is 6.53. The van der Waals surface area contributed by atoms with Gasteiger partial charge in [0, 0.05) is 6.04 Å². The number of ether oxygens (including phenoxy) is 1. The second-order valence-electron chi connectivity index (χ2n) is 6.00. The van der Waals surface area contributed by atoms with Crippen molar-refractivity contribution in [2.45, 2.75) is 57.3 Å². The third kappa shape index (κ3) is 5.56. The Morgan fingerprint density at radius 3 is 2.39 bits per heavy atom. The fraction of sp³-hybridized carbons (Fsp3) is 0.529. The number of carbonyl (C=O) groups is 2. The zero-order valence-electron chi connectivity index (χ0n) is 13.5. The Bertz CT molecular complexity index is 519. The van der Waals surface area contributed by atoms with Gasteiger partial charge in [0.1, 0.15) is 6.61 Å². The molecule has 1 saturated carbocycles. The normalized spacial score (nSPS) is 22.0. The predicted octanol–water partition coefficient (Wildman–Crippen LogP) is 1.69. The van der Waals surface area contributed by atoms with E-state index in [4.69, 9.17) is 10.5 Å². The molecular weight excluding hydrogens is 294 g/mol. The van der Waals surface area contributed by atoms with E-state index in [1.165, 1.54) is 0 Å². The highest BCUT2D eigenvalue weighted by Gasteiger charge is 2.28. The molecule has 2 rings (SSSR count). The number of rotatable bonds is 5.